The van der Waals surface area contributed by atoms with Crippen molar-refractivity contribution in [2.75, 3.05) is 13.7 Å². The summed E-state index contributed by atoms with van der Waals surface area (Å²) < 4.78 is 55.2. The average Bonchev–Trinajstić information content (AvgIpc) is 3.61. The fourth-order valence-corrected chi connectivity index (χ4v) is 6.60. The first-order chi connectivity index (χ1) is 22.4. The highest BCUT2D eigenvalue weighted by Crippen LogP contribution is 2.43. The molecule has 48 heavy (non-hydrogen) atoms. The Morgan fingerprint density at radius 2 is 1.79 bits per heavy atom. The van der Waals surface area contributed by atoms with Crippen molar-refractivity contribution in [3.8, 4) is 11.6 Å². The predicted octanol–water partition coefficient (Wildman–Crippen LogP) is 6.39. The van der Waals surface area contributed by atoms with E-state index in [2.05, 4.69) is 9.97 Å². The third-order valence-electron chi connectivity index (χ3n) is 9.30. The fraction of sp³-hybridized carbons (Fsp3) is 0.639. The Kier molecular flexibility index (Phi) is 9.78. The minimum absolute atomic E-state index is 0.0467. The van der Waals surface area contributed by atoms with Gasteiger partial charge in [0.15, 0.2) is 5.69 Å². The smallest absolute Gasteiger partial charge is 0.329 e. The number of allylic oxidation sites excluding steroid dienone is 2. The maximum Gasteiger partial charge on any atom is 0.329 e. The van der Waals surface area contributed by atoms with Crippen LogP contribution in [0.5, 0.6) is 11.6 Å². The topological polar surface area (TPSA) is 117 Å². The van der Waals surface area contributed by atoms with E-state index in [1.165, 1.54) is 18.1 Å². The van der Waals surface area contributed by atoms with Crippen LogP contribution in [0.25, 0.3) is 11.0 Å². The second kappa shape index (κ2) is 13.2. The minimum Gasteiger partial charge on any atom is -0.497 e. The number of esters is 2. The van der Waals surface area contributed by atoms with Crippen molar-refractivity contribution in [3.63, 3.8) is 0 Å². The summed E-state index contributed by atoms with van der Waals surface area (Å²) >= 11 is 0. The summed E-state index contributed by atoms with van der Waals surface area (Å²) in [6, 6.07) is 3.65. The number of carbonyl (C=O) groups is 3. The number of hydrogen-bond acceptors (Lipinski definition) is 9. The lowest BCUT2D eigenvalue weighted by Gasteiger charge is -2.35. The number of hydrogen-bond donors (Lipinski definition) is 0. The number of amides is 1. The third-order valence-corrected chi connectivity index (χ3v) is 9.30. The van der Waals surface area contributed by atoms with Crippen molar-refractivity contribution in [1.82, 2.24) is 14.9 Å². The van der Waals surface area contributed by atoms with Crippen LogP contribution in [0.4, 0.5) is 8.78 Å². The van der Waals surface area contributed by atoms with Crippen LogP contribution in [0.3, 0.4) is 0 Å². The van der Waals surface area contributed by atoms with Gasteiger partial charge in [-0.25, -0.2) is 14.8 Å². The summed E-state index contributed by atoms with van der Waals surface area (Å²) in [6.07, 6.45) is 2.68. The van der Waals surface area contributed by atoms with Gasteiger partial charge in [0.2, 0.25) is 11.8 Å². The van der Waals surface area contributed by atoms with E-state index in [4.69, 9.17) is 18.9 Å². The van der Waals surface area contributed by atoms with Crippen molar-refractivity contribution in [2.45, 2.75) is 110 Å². The summed E-state index contributed by atoms with van der Waals surface area (Å²) in [5.74, 6) is -6.51. The Morgan fingerprint density at radius 1 is 1.06 bits per heavy atom. The molecule has 1 aliphatic carbocycles. The zero-order valence-electron chi connectivity index (χ0n) is 29.0. The third kappa shape index (κ3) is 7.73. The first kappa shape index (κ1) is 35.5. The van der Waals surface area contributed by atoms with Gasteiger partial charge in [0, 0.05) is 12.0 Å². The van der Waals surface area contributed by atoms with E-state index in [1.807, 2.05) is 27.7 Å². The van der Waals surface area contributed by atoms with Crippen molar-refractivity contribution in [1.29, 1.82) is 0 Å². The molecule has 1 saturated carbocycles. The SMILES string of the molecule is CC[C@@H]1[C@@H]2CN(C(=O)[C@H](C(C)(C)C)CC(=O)O[C@@H]3C[C@H]3CC/C=C/C(F)(F)c3nc4ccc(OC)cc4nc3O2)[C@@H]1C(=O)OC(C)(C)C. The maximum absolute atomic E-state index is 16.0. The Morgan fingerprint density at radius 3 is 2.44 bits per heavy atom. The highest BCUT2D eigenvalue weighted by atomic mass is 19.3. The summed E-state index contributed by atoms with van der Waals surface area (Å²) in [6.45, 7) is 12.5. The van der Waals surface area contributed by atoms with E-state index >= 15 is 8.78 Å². The summed E-state index contributed by atoms with van der Waals surface area (Å²) in [7, 11) is 1.49. The minimum atomic E-state index is -3.56. The van der Waals surface area contributed by atoms with Crippen molar-refractivity contribution in [2.24, 2.45) is 23.2 Å². The number of benzene rings is 1. The van der Waals surface area contributed by atoms with E-state index in [1.54, 1.807) is 39.0 Å². The Labute approximate surface area is 280 Å². The molecule has 5 rings (SSSR count). The maximum atomic E-state index is 16.0. The number of halogens is 2. The molecule has 2 aromatic rings. The normalized spacial score (nSPS) is 28.7. The van der Waals surface area contributed by atoms with Crippen LogP contribution in [0.15, 0.2) is 30.4 Å². The second-order valence-corrected chi connectivity index (χ2v) is 15.2. The molecule has 2 fully saturated rings. The Bertz CT molecular complexity index is 1580. The zero-order chi connectivity index (χ0) is 35.2. The van der Waals surface area contributed by atoms with Gasteiger partial charge < -0.3 is 23.8 Å². The van der Waals surface area contributed by atoms with Gasteiger partial charge in [0.25, 0.3) is 0 Å². The van der Waals surface area contributed by atoms with Crippen LogP contribution in [-0.4, -0.2) is 70.2 Å². The molecule has 1 aromatic carbocycles. The first-order valence-corrected chi connectivity index (χ1v) is 16.7. The van der Waals surface area contributed by atoms with Crippen molar-refractivity contribution >= 4 is 28.9 Å². The molecule has 0 unspecified atom stereocenters. The number of alkyl halides is 2. The molecule has 1 amide bonds. The number of fused-ring (bicyclic) bond motifs is 5. The van der Waals surface area contributed by atoms with Gasteiger partial charge >= 0.3 is 17.9 Å². The Hall–Kier alpha value is -3.83. The average molecular weight is 672 g/mol. The predicted molar refractivity (Wildman–Crippen MR) is 173 cm³/mol. The lowest BCUT2D eigenvalue weighted by Crippen LogP contribution is -2.50. The molecule has 2 aliphatic heterocycles. The van der Waals surface area contributed by atoms with E-state index < -0.39 is 70.3 Å². The number of ether oxygens (including phenoxy) is 4. The molecule has 0 N–H and O–H groups in total. The van der Waals surface area contributed by atoms with Crippen molar-refractivity contribution in [3.05, 3.63) is 36.0 Å². The highest BCUT2D eigenvalue weighted by Gasteiger charge is 2.53. The monoisotopic (exact) mass is 671 g/mol. The molecule has 1 aromatic heterocycles. The lowest BCUT2D eigenvalue weighted by molar-refractivity contribution is -0.167. The van der Waals surface area contributed by atoms with Gasteiger partial charge in [-0.2, -0.15) is 8.78 Å². The zero-order valence-corrected chi connectivity index (χ0v) is 29.0. The standard InChI is InChI=1S/C36H47F2N3O7/c1-9-22-27-19-41(29(22)33(44)48-35(5,6)7)32(43)23(34(2,3)4)18-28(42)46-26-16-20(26)12-10-11-15-36(37,38)30-31(47-27)40-25-17-21(45-8)13-14-24(25)39-30/h11,13-15,17,20,22-23,26-27,29H,9-10,12,16,18-19H2,1-8H3/b15-11+/t20-,22-,23-,26-,27+,29+/m1/s1. The number of aromatic nitrogens is 2. The molecule has 2 bridgehead atoms. The molecule has 1 saturated heterocycles. The van der Waals surface area contributed by atoms with Gasteiger partial charge in [0.1, 0.15) is 29.6 Å². The van der Waals surface area contributed by atoms with E-state index in [-0.39, 0.29) is 36.0 Å². The largest absolute Gasteiger partial charge is 0.497 e. The number of rotatable bonds is 3. The highest BCUT2D eigenvalue weighted by molar-refractivity contribution is 5.90. The van der Waals surface area contributed by atoms with Gasteiger partial charge in [-0.15, -0.1) is 0 Å². The van der Waals surface area contributed by atoms with Gasteiger partial charge in [-0.3, -0.25) is 9.59 Å². The lowest BCUT2D eigenvalue weighted by atomic mass is 9.77. The molecule has 3 heterocycles. The van der Waals surface area contributed by atoms with Gasteiger partial charge in [-0.1, -0.05) is 33.8 Å². The van der Waals surface area contributed by atoms with Gasteiger partial charge in [0.05, 0.1) is 37.0 Å². The van der Waals surface area contributed by atoms with Crippen LogP contribution in [-0.2, 0) is 29.8 Å². The quantitative estimate of drug-likeness (QED) is 0.270. The van der Waals surface area contributed by atoms with Crippen LogP contribution in [0, 0.1) is 23.2 Å². The molecule has 0 radical (unpaired) electrons. The van der Waals surface area contributed by atoms with Gasteiger partial charge in [-0.05, 0) is 76.0 Å². The Balaban J connectivity index is 1.64. The molecule has 10 nitrogen and oxygen atoms in total. The van der Waals surface area contributed by atoms with Crippen LogP contribution in [0.1, 0.15) is 86.3 Å². The summed E-state index contributed by atoms with van der Waals surface area (Å²) in [5, 5.41) is 0. The number of methoxy groups -OCH3 is 1. The second-order valence-electron chi connectivity index (χ2n) is 15.2. The molecular weight excluding hydrogens is 624 g/mol. The summed E-state index contributed by atoms with van der Waals surface area (Å²) in [4.78, 5) is 51.8. The summed E-state index contributed by atoms with van der Waals surface area (Å²) in [5.41, 5.74) is -1.71. The van der Waals surface area contributed by atoms with Crippen LogP contribution < -0.4 is 9.47 Å². The number of carbonyl (C=O) groups excluding carboxylic acids is 3. The fourth-order valence-electron chi connectivity index (χ4n) is 6.60. The number of nitrogens with zero attached hydrogens (tertiary/aromatic N) is 3. The molecule has 3 aliphatic rings. The first-order valence-electron chi connectivity index (χ1n) is 16.7. The molecule has 262 valence electrons. The van der Waals surface area contributed by atoms with Crippen LogP contribution in [0.2, 0.25) is 0 Å². The van der Waals surface area contributed by atoms with E-state index in [9.17, 15) is 14.4 Å². The van der Waals surface area contributed by atoms with Crippen molar-refractivity contribution < 1.29 is 42.1 Å². The van der Waals surface area contributed by atoms with E-state index in [0.29, 0.717) is 31.4 Å². The van der Waals surface area contributed by atoms with E-state index in [0.717, 1.165) is 6.08 Å². The molecule has 0 spiro atoms. The van der Waals surface area contributed by atoms with Crippen LogP contribution >= 0.6 is 0 Å². The molecular formula is C36H47F2N3O7. The molecule has 12 heteroatoms. The molecule has 6 atom stereocenters.